The Morgan fingerprint density at radius 3 is 2.64 bits per heavy atom. The SMILES string of the molecule is Cc1ccc(CNC(=O)[C@@H]2C[C@@]2(C(=O)O)c2ccccc2)cc1C#N. The summed E-state index contributed by atoms with van der Waals surface area (Å²) >= 11 is 0. The third-order valence-electron chi connectivity index (χ3n) is 4.84. The molecule has 2 N–H and O–H groups in total. The second-order valence-electron chi connectivity index (χ2n) is 6.38. The first-order chi connectivity index (χ1) is 12.0. The van der Waals surface area contributed by atoms with Crippen LogP contribution in [-0.4, -0.2) is 17.0 Å². The summed E-state index contributed by atoms with van der Waals surface area (Å²) in [5, 5.41) is 21.5. The largest absolute Gasteiger partial charge is 0.481 e. The van der Waals surface area contributed by atoms with Gasteiger partial charge in [0.1, 0.15) is 5.41 Å². The lowest BCUT2D eigenvalue weighted by atomic mass is 9.93. The standard InChI is InChI=1S/C20H18N2O3/c1-13-7-8-14(9-15(13)11-21)12-22-18(23)17-10-20(17,19(24)25)16-5-3-2-4-6-16/h2-9,17H,10,12H2,1H3,(H,22,23)(H,24,25)/t17-,20+/m0/s1. The van der Waals surface area contributed by atoms with Gasteiger partial charge in [-0.15, -0.1) is 0 Å². The number of nitrogens with zero attached hydrogens (tertiary/aromatic N) is 1. The molecule has 1 fully saturated rings. The van der Waals surface area contributed by atoms with Crippen molar-refractivity contribution in [3.8, 4) is 6.07 Å². The quantitative estimate of drug-likeness (QED) is 0.879. The molecule has 5 nitrogen and oxygen atoms in total. The minimum Gasteiger partial charge on any atom is -0.481 e. The van der Waals surface area contributed by atoms with E-state index in [1.807, 2.05) is 25.1 Å². The summed E-state index contributed by atoms with van der Waals surface area (Å²) in [5.41, 5.74) is 1.80. The third kappa shape index (κ3) is 2.99. The second kappa shape index (κ2) is 6.40. The highest BCUT2D eigenvalue weighted by atomic mass is 16.4. The van der Waals surface area contributed by atoms with Gasteiger partial charge in [-0.05, 0) is 36.1 Å². The van der Waals surface area contributed by atoms with E-state index in [1.54, 1.807) is 30.3 Å². The van der Waals surface area contributed by atoms with Crippen LogP contribution in [0.3, 0.4) is 0 Å². The van der Waals surface area contributed by atoms with Gasteiger partial charge in [0, 0.05) is 6.54 Å². The van der Waals surface area contributed by atoms with Crippen LogP contribution in [0.1, 0.15) is 28.7 Å². The Labute approximate surface area is 145 Å². The molecule has 1 amide bonds. The van der Waals surface area contributed by atoms with Crippen molar-refractivity contribution in [3.63, 3.8) is 0 Å². The fourth-order valence-corrected chi connectivity index (χ4v) is 3.21. The van der Waals surface area contributed by atoms with E-state index in [2.05, 4.69) is 11.4 Å². The lowest BCUT2D eigenvalue weighted by molar-refractivity contribution is -0.141. The van der Waals surface area contributed by atoms with Gasteiger partial charge in [-0.25, -0.2) is 0 Å². The van der Waals surface area contributed by atoms with Gasteiger partial charge in [0.25, 0.3) is 0 Å². The summed E-state index contributed by atoms with van der Waals surface area (Å²) in [4.78, 5) is 24.2. The molecule has 0 unspecified atom stereocenters. The predicted octanol–water partition coefficient (Wildman–Crippen LogP) is 2.53. The molecule has 0 bridgehead atoms. The van der Waals surface area contributed by atoms with E-state index in [0.29, 0.717) is 17.5 Å². The van der Waals surface area contributed by atoms with E-state index in [4.69, 9.17) is 5.26 Å². The summed E-state index contributed by atoms with van der Waals surface area (Å²) in [7, 11) is 0. The highest BCUT2D eigenvalue weighted by Crippen LogP contribution is 2.54. The fraction of sp³-hybridized carbons (Fsp3) is 0.250. The van der Waals surface area contributed by atoms with E-state index in [1.165, 1.54) is 0 Å². The molecule has 0 aromatic heterocycles. The number of rotatable bonds is 5. The van der Waals surface area contributed by atoms with E-state index in [-0.39, 0.29) is 12.5 Å². The summed E-state index contributed by atoms with van der Waals surface area (Å²) in [6.07, 6.45) is 0.301. The first-order valence-electron chi connectivity index (χ1n) is 8.05. The van der Waals surface area contributed by atoms with Crippen molar-refractivity contribution in [2.75, 3.05) is 0 Å². The Morgan fingerprint density at radius 1 is 1.28 bits per heavy atom. The first kappa shape index (κ1) is 16.7. The highest BCUT2D eigenvalue weighted by molar-refractivity contribution is 5.97. The van der Waals surface area contributed by atoms with Crippen molar-refractivity contribution in [2.45, 2.75) is 25.3 Å². The Bertz CT molecular complexity index is 870. The molecule has 25 heavy (non-hydrogen) atoms. The monoisotopic (exact) mass is 334 g/mol. The van der Waals surface area contributed by atoms with Crippen LogP contribution in [0.2, 0.25) is 0 Å². The van der Waals surface area contributed by atoms with Crippen molar-refractivity contribution in [2.24, 2.45) is 5.92 Å². The molecule has 0 saturated heterocycles. The Hall–Kier alpha value is -3.13. The number of hydrogen-bond acceptors (Lipinski definition) is 3. The maximum atomic E-state index is 12.5. The maximum Gasteiger partial charge on any atom is 0.314 e. The number of benzene rings is 2. The number of nitrogens with one attached hydrogen (secondary N) is 1. The van der Waals surface area contributed by atoms with Crippen LogP contribution in [0.15, 0.2) is 48.5 Å². The molecule has 2 aromatic rings. The average molecular weight is 334 g/mol. The normalized spacial score (nSPS) is 21.2. The molecular formula is C20H18N2O3. The van der Waals surface area contributed by atoms with Gasteiger partial charge in [-0.2, -0.15) is 5.26 Å². The van der Waals surface area contributed by atoms with Crippen LogP contribution >= 0.6 is 0 Å². The van der Waals surface area contributed by atoms with E-state index in [0.717, 1.165) is 11.1 Å². The smallest absolute Gasteiger partial charge is 0.314 e. The van der Waals surface area contributed by atoms with Crippen LogP contribution in [-0.2, 0) is 21.5 Å². The van der Waals surface area contributed by atoms with Gasteiger partial charge in [0.15, 0.2) is 0 Å². The number of hydrogen-bond donors (Lipinski definition) is 2. The maximum absolute atomic E-state index is 12.5. The van der Waals surface area contributed by atoms with E-state index < -0.39 is 17.3 Å². The number of aryl methyl sites for hydroxylation is 1. The average Bonchev–Trinajstić information content (AvgIpc) is 3.39. The molecule has 0 aliphatic heterocycles. The lowest BCUT2D eigenvalue weighted by Gasteiger charge is -2.13. The molecule has 2 aromatic carbocycles. The molecule has 3 rings (SSSR count). The van der Waals surface area contributed by atoms with E-state index in [9.17, 15) is 14.7 Å². The summed E-state index contributed by atoms with van der Waals surface area (Å²) in [5.74, 6) is -1.82. The molecule has 126 valence electrons. The van der Waals surface area contributed by atoms with Crippen molar-refractivity contribution >= 4 is 11.9 Å². The molecule has 1 aliphatic rings. The van der Waals surface area contributed by atoms with Gasteiger partial charge in [-0.3, -0.25) is 9.59 Å². The number of carbonyl (C=O) groups excluding carboxylic acids is 1. The molecular weight excluding hydrogens is 316 g/mol. The topological polar surface area (TPSA) is 90.2 Å². The summed E-state index contributed by atoms with van der Waals surface area (Å²) in [6.45, 7) is 2.13. The minimum absolute atomic E-state index is 0.273. The molecule has 0 radical (unpaired) electrons. The zero-order chi connectivity index (χ0) is 18.0. The van der Waals surface area contributed by atoms with Gasteiger partial charge in [0.05, 0.1) is 17.6 Å². The minimum atomic E-state index is -1.13. The Balaban J connectivity index is 1.71. The molecule has 1 aliphatic carbocycles. The number of amides is 1. The van der Waals surface area contributed by atoms with Gasteiger partial charge in [-0.1, -0.05) is 42.5 Å². The third-order valence-corrected chi connectivity index (χ3v) is 4.84. The number of nitriles is 1. The van der Waals surface area contributed by atoms with Crippen LogP contribution in [0.4, 0.5) is 0 Å². The van der Waals surface area contributed by atoms with Crippen molar-refractivity contribution < 1.29 is 14.7 Å². The summed E-state index contributed by atoms with van der Waals surface area (Å²) < 4.78 is 0. The molecule has 1 saturated carbocycles. The first-order valence-corrected chi connectivity index (χ1v) is 8.05. The molecule has 0 spiro atoms. The van der Waals surface area contributed by atoms with Crippen molar-refractivity contribution in [3.05, 3.63) is 70.8 Å². The lowest BCUT2D eigenvalue weighted by Crippen LogP contribution is -2.31. The molecule has 2 atom stereocenters. The van der Waals surface area contributed by atoms with Gasteiger partial charge >= 0.3 is 5.97 Å². The van der Waals surface area contributed by atoms with E-state index >= 15 is 0 Å². The Morgan fingerprint density at radius 2 is 2.00 bits per heavy atom. The predicted molar refractivity (Wildman–Crippen MR) is 91.6 cm³/mol. The molecule has 0 heterocycles. The zero-order valence-corrected chi connectivity index (χ0v) is 13.8. The fourth-order valence-electron chi connectivity index (χ4n) is 3.21. The highest BCUT2D eigenvalue weighted by Gasteiger charge is 2.65. The van der Waals surface area contributed by atoms with Crippen molar-refractivity contribution in [1.82, 2.24) is 5.32 Å². The molecule has 5 heteroatoms. The number of carboxylic acids is 1. The number of carbonyl (C=O) groups is 2. The van der Waals surface area contributed by atoms with Crippen LogP contribution in [0.25, 0.3) is 0 Å². The zero-order valence-electron chi connectivity index (χ0n) is 13.8. The van der Waals surface area contributed by atoms with Crippen LogP contribution in [0, 0.1) is 24.2 Å². The Kier molecular flexibility index (Phi) is 4.28. The van der Waals surface area contributed by atoms with Crippen molar-refractivity contribution in [1.29, 1.82) is 5.26 Å². The van der Waals surface area contributed by atoms with Crippen LogP contribution in [0.5, 0.6) is 0 Å². The summed E-state index contributed by atoms with van der Waals surface area (Å²) in [6, 6.07) is 16.4. The number of carboxylic acid groups (broad SMARTS) is 1. The van der Waals surface area contributed by atoms with Gasteiger partial charge in [0.2, 0.25) is 5.91 Å². The van der Waals surface area contributed by atoms with Crippen LogP contribution < -0.4 is 5.32 Å². The van der Waals surface area contributed by atoms with Gasteiger partial charge < -0.3 is 10.4 Å². The number of aliphatic carboxylic acids is 1. The second-order valence-corrected chi connectivity index (χ2v) is 6.38.